The smallest absolute Gasteiger partial charge is 0.352 e. The summed E-state index contributed by atoms with van der Waals surface area (Å²) in [5.74, 6) is 9.24. The number of aromatic nitrogens is 13. The lowest BCUT2D eigenvalue weighted by Crippen LogP contribution is -2.34. The van der Waals surface area contributed by atoms with Gasteiger partial charge in [-0.3, -0.25) is 25.3 Å². The third kappa shape index (κ3) is 18.2. The molecule has 11 N–H and O–H groups in total. The highest BCUT2D eigenvalue weighted by molar-refractivity contribution is 9.11. The molecule has 0 aliphatic rings. The molecule has 0 aliphatic heterocycles. The van der Waals surface area contributed by atoms with Gasteiger partial charge in [-0.15, -0.1) is 16.9 Å². The summed E-state index contributed by atoms with van der Waals surface area (Å²) in [5.41, 5.74) is 4.80. The Kier molecular flexibility index (Phi) is 23.6. The number of nitrogens with one attached hydrogen (secondary N) is 8. The van der Waals surface area contributed by atoms with Gasteiger partial charge in [0.1, 0.15) is 58.2 Å². The van der Waals surface area contributed by atoms with Crippen LogP contribution in [0.2, 0.25) is 0 Å². The number of carbonyl (C=O) groups is 2. The monoisotopic (exact) mass is 1370 g/mol. The number of aryl methyl sites for hydroxylation is 1. The highest BCUT2D eigenvalue weighted by Gasteiger charge is 2.16. The van der Waals surface area contributed by atoms with Crippen molar-refractivity contribution in [3.05, 3.63) is 162 Å². The number of aliphatic carboxylic acids is 1. The fourth-order valence-corrected chi connectivity index (χ4v) is 7.71. The van der Waals surface area contributed by atoms with E-state index in [1.807, 2.05) is 72.3 Å². The number of carboxylic acids is 1. The highest BCUT2D eigenvalue weighted by Crippen LogP contribution is 2.23. The van der Waals surface area contributed by atoms with Gasteiger partial charge >= 0.3 is 11.7 Å². The molecule has 4 aromatic carbocycles. The molecule has 0 spiro atoms. The fourth-order valence-electron chi connectivity index (χ4n) is 6.29. The maximum absolute atomic E-state index is 12.3. The van der Waals surface area contributed by atoms with E-state index in [-0.39, 0.29) is 31.4 Å². The summed E-state index contributed by atoms with van der Waals surface area (Å²) in [4.78, 5) is 63.0. The number of benzene rings is 4. The highest BCUT2D eigenvalue weighted by atomic mass is 79.9. The predicted molar refractivity (Wildman–Crippen MR) is 316 cm³/mol. The first-order chi connectivity index (χ1) is 38.6. The van der Waals surface area contributed by atoms with Crippen LogP contribution in [0.25, 0.3) is 28.3 Å². The molecular formula is C49H50Br4N18O8S. The molecule has 0 atom stereocenters. The van der Waals surface area contributed by atoms with E-state index in [0.29, 0.717) is 69.0 Å². The van der Waals surface area contributed by atoms with Crippen molar-refractivity contribution in [2.75, 3.05) is 44.2 Å². The number of ether oxygens (including phenoxy) is 4. The van der Waals surface area contributed by atoms with Gasteiger partial charge in [0.25, 0.3) is 5.91 Å². The summed E-state index contributed by atoms with van der Waals surface area (Å²) in [6.07, 6.45) is 6.56. The van der Waals surface area contributed by atoms with Gasteiger partial charge in [-0.25, -0.2) is 40.4 Å². The quantitative estimate of drug-likeness (QED) is 0.0144. The molecule has 0 bridgehead atoms. The number of carbonyl (C=O) groups excluding carboxylic acids is 1. The third-order valence-corrected chi connectivity index (χ3v) is 12.8. The number of halogens is 4. The second kappa shape index (κ2) is 30.9. The van der Waals surface area contributed by atoms with Crippen LogP contribution < -0.4 is 46.5 Å². The van der Waals surface area contributed by atoms with Crippen LogP contribution in [0.4, 0.5) is 11.6 Å². The Morgan fingerprint density at radius 1 is 0.688 bits per heavy atom. The number of fused-ring (bicyclic) bond motifs is 3. The van der Waals surface area contributed by atoms with Gasteiger partial charge in [0, 0.05) is 39.0 Å². The number of hydrazine groups is 1. The van der Waals surface area contributed by atoms with E-state index in [1.54, 1.807) is 70.2 Å². The second-order valence-corrected chi connectivity index (χ2v) is 20.0. The predicted octanol–water partition coefficient (Wildman–Crippen LogP) is 8.09. The summed E-state index contributed by atoms with van der Waals surface area (Å²) in [7, 11) is 5.22. The SMILES string of the molecule is CNc1nc[nH]c1-c1n[nH]c(COc2ccc(Br)cc2)n1.CNc1nc[nH]c1C(=N)SC.Cn1c(=O)n2nc(COc3ccc(Br)cc3)nc2c2[nH]cnc21.NNC(=O)COc1ccc(Br)cc1.O=C(O)COc1ccc(Br)cc1. The Labute approximate surface area is 492 Å². The average Bonchev–Trinajstić information content (AvgIpc) is 4.40. The number of anilines is 2. The molecule has 0 aliphatic carbocycles. The van der Waals surface area contributed by atoms with E-state index in [1.165, 1.54) is 27.2 Å². The molecule has 0 saturated carbocycles. The normalized spacial score (nSPS) is 10.3. The summed E-state index contributed by atoms with van der Waals surface area (Å²) >= 11 is 14.7. The number of hydrogen-bond acceptors (Lipinski definition) is 19. The molecule has 31 heteroatoms. The minimum Gasteiger partial charge on any atom is -0.486 e. The third-order valence-electron chi connectivity index (χ3n) is 10.1. The van der Waals surface area contributed by atoms with Crippen molar-refractivity contribution in [1.29, 1.82) is 5.41 Å². The molecule has 0 fully saturated rings. The largest absolute Gasteiger partial charge is 0.486 e. The van der Waals surface area contributed by atoms with E-state index >= 15 is 0 Å². The van der Waals surface area contributed by atoms with Crippen molar-refractivity contribution < 1.29 is 33.6 Å². The second-order valence-electron chi connectivity index (χ2n) is 15.5. The van der Waals surface area contributed by atoms with Crippen LogP contribution >= 0.6 is 75.5 Å². The lowest BCUT2D eigenvalue weighted by molar-refractivity contribution is -0.139. The Morgan fingerprint density at radius 2 is 1.19 bits per heavy atom. The van der Waals surface area contributed by atoms with Gasteiger partial charge in [-0.1, -0.05) is 63.7 Å². The number of amides is 1. The van der Waals surface area contributed by atoms with Crippen molar-refractivity contribution >= 4 is 121 Å². The molecule has 10 rings (SSSR count). The lowest BCUT2D eigenvalue weighted by Gasteiger charge is -2.04. The summed E-state index contributed by atoms with van der Waals surface area (Å²) in [5, 5.41) is 33.4. The number of hydrogen-bond donors (Lipinski definition) is 10. The minimum absolute atomic E-state index is 0.0713. The minimum atomic E-state index is -0.974. The first-order valence-electron chi connectivity index (χ1n) is 23.1. The molecule has 0 unspecified atom stereocenters. The van der Waals surface area contributed by atoms with Gasteiger partial charge in [0.05, 0.1) is 19.0 Å². The topological polar surface area (TPSA) is 357 Å². The molecule has 0 radical (unpaired) electrons. The standard InChI is InChI=1S/C14H11BrN6O2.C13H13BrN6O.C8H9BrN2O2.C8H7BrO3.C6H10N4S/c1-20-12-11(16-7-17-12)13-18-10(19-21(13)14(20)22)6-23-9-4-2-8(15)3-5-9;1-15-12-11(16-7-17-12)13-18-10(19-20-13)6-21-9-4-2-8(14)3-5-9;9-6-1-3-7(4-2-6)13-5-8(12)11-10;9-6-1-3-7(4-2-6)12-5-8(10)11;1-8-6-4(5(7)11-2)9-3-10-6/h2-5,7H,6H2,1H3,(H,16,17);2-5,7,15H,6H2,1H3,(H,16,17)(H,18,19,20);1-4H,5,10H2,(H,11,12);1-4H,5H2,(H,10,11);3,7-8H,1-2H3,(H,9,10). The number of imidazole rings is 3. The number of rotatable bonds is 16. The average molecular weight is 1370 g/mol. The van der Waals surface area contributed by atoms with Crippen LogP contribution in [0, 0.1) is 5.41 Å². The van der Waals surface area contributed by atoms with Gasteiger partial charge < -0.3 is 49.6 Å². The zero-order chi connectivity index (χ0) is 57.6. The van der Waals surface area contributed by atoms with Crippen molar-refractivity contribution in [2.45, 2.75) is 13.2 Å². The van der Waals surface area contributed by atoms with Gasteiger partial charge in [0.2, 0.25) is 5.82 Å². The first-order valence-corrected chi connectivity index (χ1v) is 27.5. The molecule has 10 aromatic rings. The van der Waals surface area contributed by atoms with Gasteiger partial charge in [0.15, 0.2) is 47.8 Å². The molecule has 80 heavy (non-hydrogen) atoms. The molecule has 26 nitrogen and oxygen atoms in total. The van der Waals surface area contributed by atoms with Crippen molar-refractivity contribution in [3.63, 3.8) is 0 Å². The molecule has 1 amide bonds. The van der Waals surface area contributed by atoms with Crippen molar-refractivity contribution in [2.24, 2.45) is 12.9 Å². The maximum Gasteiger partial charge on any atom is 0.352 e. The van der Waals surface area contributed by atoms with Crippen molar-refractivity contribution in [1.82, 2.24) is 69.7 Å². The zero-order valence-electron chi connectivity index (χ0n) is 42.6. The number of carboxylic acid groups (broad SMARTS) is 1. The van der Waals surface area contributed by atoms with Crippen LogP contribution in [-0.2, 0) is 29.9 Å². The van der Waals surface area contributed by atoms with E-state index < -0.39 is 5.97 Å². The first kappa shape index (κ1) is 61.1. The van der Waals surface area contributed by atoms with Crippen LogP contribution in [0.1, 0.15) is 17.3 Å². The lowest BCUT2D eigenvalue weighted by atomic mass is 10.3. The van der Waals surface area contributed by atoms with E-state index in [9.17, 15) is 14.4 Å². The van der Waals surface area contributed by atoms with E-state index in [4.69, 9.17) is 35.3 Å². The van der Waals surface area contributed by atoms with Gasteiger partial charge in [-0.2, -0.15) is 9.61 Å². The van der Waals surface area contributed by atoms with Crippen LogP contribution in [0.3, 0.4) is 0 Å². The molecule has 0 saturated heterocycles. The van der Waals surface area contributed by atoms with Crippen LogP contribution in [0.15, 0.2) is 139 Å². The fraction of sp³-hybridized carbons (Fsp3) is 0.163. The summed E-state index contributed by atoms with van der Waals surface area (Å²) < 4.78 is 27.8. The molecule has 6 heterocycles. The molecular weight excluding hydrogens is 1320 g/mol. The molecule has 6 aromatic heterocycles. The van der Waals surface area contributed by atoms with Crippen LogP contribution in [-0.4, -0.2) is 120 Å². The van der Waals surface area contributed by atoms with E-state index in [2.05, 4.69) is 130 Å². The molecule has 418 valence electrons. The van der Waals surface area contributed by atoms with Gasteiger partial charge in [-0.05, 0) is 103 Å². The summed E-state index contributed by atoms with van der Waals surface area (Å²) in [6.45, 7) is 0.111. The number of nitrogens with zero attached hydrogens (tertiary/aromatic N) is 9. The number of aromatic amines is 4. The Morgan fingerprint density at radius 3 is 1.71 bits per heavy atom. The Bertz CT molecular complexity index is 3630. The number of thioether (sulfide) groups is 1. The number of H-pyrrole nitrogens is 4. The van der Waals surface area contributed by atoms with E-state index in [0.717, 1.165) is 40.8 Å². The summed E-state index contributed by atoms with van der Waals surface area (Å²) in [6, 6.07) is 29.2. The Hall–Kier alpha value is -8.10. The van der Waals surface area contributed by atoms with Crippen molar-refractivity contribution in [3.8, 4) is 34.5 Å². The Balaban J connectivity index is 0.000000167. The maximum atomic E-state index is 12.3. The zero-order valence-corrected chi connectivity index (χ0v) is 49.8. The number of nitrogens with two attached hydrogens (primary N) is 1. The van der Waals surface area contributed by atoms with Crippen LogP contribution in [0.5, 0.6) is 23.0 Å².